The monoisotopic (exact) mass is 653 g/mol. The SMILES string of the molecule is CC(C)(C)c1ccc2c(c1)B1c3cc(C(C)(C)C)cc4c3N3B(c5cc(C(C)(C)C)ccc5-4)c4cc(C(C)(C)C)ccc4-c4ccc(c1c43)O2. The van der Waals surface area contributed by atoms with Crippen molar-refractivity contribution in [2.75, 3.05) is 4.81 Å². The largest absolute Gasteiger partial charge is 0.458 e. The van der Waals surface area contributed by atoms with E-state index in [9.17, 15) is 0 Å². The molecule has 4 heterocycles. The molecule has 0 saturated carbocycles. The van der Waals surface area contributed by atoms with Crippen molar-refractivity contribution in [3.63, 3.8) is 0 Å². The molecule has 0 fully saturated rings. The fourth-order valence-electron chi connectivity index (χ4n) is 8.97. The van der Waals surface area contributed by atoms with Gasteiger partial charge in [0.25, 0.3) is 6.71 Å². The molecule has 0 aliphatic carbocycles. The highest BCUT2D eigenvalue weighted by Crippen LogP contribution is 2.50. The number of anilines is 2. The third kappa shape index (κ3) is 4.36. The van der Waals surface area contributed by atoms with Crippen LogP contribution in [-0.4, -0.2) is 13.6 Å². The Kier molecular flexibility index (Phi) is 6.22. The molecule has 2 nitrogen and oxygen atoms in total. The molecule has 0 radical (unpaired) electrons. The van der Waals surface area contributed by atoms with Gasteiger partial charge in [-0.15, -0.1) is 0 Å². The van der Waals surface area contributed by atoms with Crippen LogP contribution < -0.4 is 36.9 Å². The third-order valence-corrected chi connectivity index (χ3v) is 11.9. The average molecular weight is 654 g/mol. The van der Waals surface area contributed by atoms with Gasteiger partial charge in [-0.3, -0.25) is 0 Å². The van der Waals surface area contributed by atoms with Gasteiger partial charge in [0.15, 0.2) is 0 Å². The highest BCUT2D eigenvalue weighted by Gasteiger charge is 2.52. The molecule has 0 N–H and O–H groups in total. The maximum absolute atomic E-state index is 6.92. The molecule has 4 aliphatic heterocycles. The molecule has 5 aromatic rings. The second-order valence-corrected chi connectivity index (χ2v) is 19.5. The molecule has 0 spiro atoms. The molecule has 250 valence electrons. The molecular formula is C46H49B2NO. The predicted octanol–water partition coefficient (Wildman–Crippen LogP) is 8.72. The third-order valence-electron chi connectivity index (χ3n) is 11.9. The molecule has 0 amide bonds. The van der Waals surface area contributed by atoms with Crippen molar-refractivity contribution in [1.29, 1.82) is 0 Å². The summed E-state index contributed by atoms with van der Waals surface area (Å²) in [6.45, 7) is 28.2. The Morgan fingerprint density at radius 3 is 1.44 bits per heavy atom. The molecule has 9 rings (SSSR count). The van der Waals surface area contributed by atoms with Gasteiger partial charge in [-0.2, -0.15) is 0 Å². The standard InChI is InChI=1S/C46H49B2NO/c1-43(2,3)26-13-16-30-32-18-20-39-40-42(32)49-41-33(31-17-14-27(44(4,5)6)23-35(31)48(49)34(30)22-26)21-29(46(10,11)12)25-37(41)47(40)36-24-28(45(7,8)9)15-19-38(36)50-39/h13-25H,1-12H3. The zero-order valence-corrected chi connectivity index (χ0v) is 32.0. The van der Waals surface area contributed by atoms with Crippen LogP contribution in [0.2, 0.25) is 0 Å². The summed E-state index contributed by atoms with van der Waals surface area (Å²) in [4.78, 5) is 2.74. The lowest BCUT2D eigenvalue weighted by molar-refractivity contribution is 0.486. The van der Waals surface area contributed by atoms with E-state index in [0.717, 1.165) is 11.5 Å². The van der Waals surface area contributed by atoms with E-state index in [1.54, 1.807) is 0 Å². The van der Waals surface area contributed by atoms with Crippen LogP contribution >= 0.6 is 0 Å². The first-order valence-electron chi connectivity index (χ1n) is 18.6. The quantitative estimate of drug-likeness (QED) is 0.152. The molecule has 4 heteroatoms. The van der Waals surface area contributed by atoms with E-state index >= 15 is 0 Å². The van der Waals surface area contributed by atoms with E-state index in [-0.39, 0.29) is 35.2 Å². The van der Waals surface area contributed by atoms with Crippen LogP contribution in [0, 0.1) is 0 Å². The first-order valence-corrected chi connectivity index (χ1v) is 18.6. The molecule has 0 atom stereocenters. The van der Waals surface area contributed by atoms with Crippen LogP contribution in [0.4, 0.5) is 11.4 Å². The van der Waals surface area contributed by atoms with Gasteiger partial charge >= 0.3 is 6.85 Å². The molecule has 5 aromatic carbocycles. The van der Waals surface area contributed by atoms with Crippen molar-refractivity contribution in [2.24, 2.45) is 0 Å². The minimum Gasteiger partial charge on any atom is -0.458 e. The van der Waals surface area contributed by atoms with Gasteiger partial charge in [0.1, 0.15) is 11.5 Å². The second-order valence-electron chi connectivity index (χ2n) is 19.5. The van der Waals surface area contributed by atoms with Gasteiger partial charge in [0.2, 0.25) is 0 Å². The maximum Gasteiger partial charge on any atom is 0.329 e. The van der Waals surface area contributed by atoms with E-state index in [4.69, 9.17) is 4.74 Å². The molecule has 50 heavy (non-hydrogen) atoms. The van der Waals surface area contributed by atoms with Crippen molar-refractivity contribution >= 4 is 52.2 Å². The molecule has 0 aromatic heterocycles. The maximum atomic E-state index is 6.92. The fraction of sp³-hybridized carbons (Fsp3) is 0.348. The Balaban J connectivity index is 1.46. The van der Waals surface area contributed by atoms with E-state index in [1.807, 2.05) is 0 Å². The summed E-state index contributed by atoms with van der Waals surface area (Å²) in [7, 11) is 0. The Labute approximate surface area is 300 Å². The van der Waals surface area contributed by atoms with Crippen molar-refractivity contribution < 1.29 is 4.74 Å². The second kappa shape index (κ2) is 9.78. The van der Waals surface area contributed by atoms with E-state index in [2.05, 4.69) is 167 Å². The lowest BCUT2D eigenvalue weighted by Gasteiger charge is -2.51. The number of rotatable bonds is 0. The summed E-state index contributed by atoms with van der Waals surface area (Å²) in [5.74, 6) is 1.97. The van der Waals surface area contributed by atoms with Gasteiger partial charge in [0, 0.05) is 22.5 Å². The van der Waals surface area contributed by atoms with Crippen molar-refractivity contribution in [3.05, 3.63) is 101 Å². The summed E-state index contributed by atoms with van der Waals surface area (Å²) in [6, 6.07) is 31.3. The lowest BCUT2D eigenvalue weighted by atomic mass is 9.30. The summed E-state index contributed by atoms with van der Waals surface area (Å²) < 4.78 is 6.92. The summed E-state index contributed by atoms with van der Waals surface area (Å²) >= 11 is 0. The van der Waals surface area contributed by atoms with Gasteiger partial charge in [0.05, 0.1) is 0 Å². The zero-order valence-electron chi connectivity index (χ0n) is 32.0. The summed E-state index contributed by atoms with van der Waals surface area (Å²) in [5, 5.41) is 0. The highest BCUT2D eigenvalue weighted by molar-refractivity contribution is 7.02. The van der Waals surface area contributed by atoms with Crippen molar-refractivity contribution in [2.45, 2.75) is 105 Å². The molecular weight excluding hydrogens is 604 g/mol. The molecule has 0 bridgehead atoms. The minimum atomic E-state index is -0.0176. The van der Waals surface area contributed by atoms with E-state index < -0.39 is 0 Å². The van der Waals surface area contributed by atoms with Crippen LogP contribution in [0.25, 0.3) is 22.3 Å². The Morgan fingerprint density at radius 1 is 0.420 bits per heavy atom. The lowest BCUT2D eigenvalue weighted by Crippen LogP contribution is -2.68. The first kappa shape index (κ1) is 31.8. The highest BCUT2D eigenvalue weighted by atomic mass is 16.5. The predicted molar refractivity (Wildman–Crippen MR) is 217 cm³/mol. The number of hydrogen-bond donors (Lipinski definition) is 0. The van der Waals surface area contributed by atoms with Crippen LogP contribution in [0.3, 0.4) is 0 Å². The van der Waals surface area contributed by atoms with E-state index in [0.29, 0.717) is 0 Å². The zero-order chi connectivity index (χ0) is 35.4. The van der Waals surface area contributed by atoms with Crippen LogP contribution in [-0.2, 0) is 21.7 Å². The summed E-state index contributed by atoms with van der Waals surface area (Å²) in [5.41, 5.74) is 20.4. The van der Waals surface area contributed by atoms with Crippen LogP contribution in [0.15, 0.2) is 78.9 Å². The number of hydrogen-bond acceptors (Lipinski definition) is 2. The van der Waals surface area contributed by atoms with Gasteiger partial charge in [-0.25, -0.2) is 0 Å². The van der Waals surface area contributed by atoms with Gasteiger partial charge in [-0.1, -0.05) is 138 Å². The molecule has 0 saturated heterocycles. The van der Waals surface area contributed by atoms with Crippen molar-refractivity contribution in [1.82, 2.24) is 0 Å². The normalized spacial score (nSPS) is 15.2. The summed E-state index contributed by atoms with van der Waals surface area (Å²) in [6.07, 6.45) is 0. The smallest absolute Gasteiger partial charge is 0.329 e. The number of benzene rings is 5. The average Bonchev–Trinajstić information content (AvgIpc) is 3.03. The number of ether oxygens (including phenoxy) is 1. The van der Waals surface area contributed by atoms with Gasteiger partial charge < -0.3 is 9.55 Å². The Bertz CT molecular complexity index is 2300. The molecule has 4 aliphatic rings. The Hall–Kier alpha value is -4.17. The molecule has 0 unspecified atom stereocenters. The number of nitrogens with zero attached hydrogens (tertiary/aromatic N) is 1. The first-order chi connectivity index (χ1) is 23.3. The fourth-order valence-corrected chi connectivity index (χ4v) is 8.97. The van der Waals surface area contributed by atoms with Gasteiger partial charge in [-0.05, 0) is 107 Å². The minimum absolute atomic E-state index is 0.0176. The Morgan fingerprint density at radius 2 is 0.880 bits per heavy atom. The number of fused-ring (bicyclic) bond motifs is 9. The van der Waals surface area contributed by atoms with Crippen LogP contribution in [0.5, 0.6) is 11.5 Å². The van der Waals surface area contributed by atoms with E-state index in [1.165, 1.54) is 83.2 Å². The topological polar surface area (TPSA) is 12.5 Å². The van der Waals surface area contributed by atoms with Crippen molar-refractivity contribution in [3.8, 4) is 33.8 Å². The van der Waals surface area contributed by atoms with Crippen LogP contribution in [0.1, 0.15) is 105 Å².